The third-order valence-electron chi connectivity index (χ3n) is 3.24. The van der Waals surface area contributed by atoms with Crippen LogP contribution in [-0.2, 0) is 6.42 Å². The number of likely N-dealkylation sites (tertiary alicyclic amines) is 1. The number of halogens is 1. The van der Waals surface area contributed by atoms with Gasteiger partial charge in [-0.25, -0.2) is 0 Å². The number of aliphatic hydroxyl groups is 1. The molecule has 1 atom stereocenters. The lowest BCUT2D eigenvalue weighted by Crippen LogP contribution is -2.28. The zero-order chi connectivity index (χ0) is 12.6. The summed E-state index contributed by atoms with van der Waals surface area (Å²) < 4.78 is 0. The molecule has 2 N–H and O–H groups in total. The molecule has 0 saturated carbocycles. The first-order chi connectivity index (χ1) is 7.94. The highest BCUT2D eigenvalue weighted by molar-refractivity contribution is 6.32. The summed E-state index contributed by atoms with van der Waals surface area (Å²) in [6.07, 6.45) is 1.56. The second kappa shape index (κ2) is 4.35. The van der Waals surface area contributed by atoms with Gasteiger partial charge in [0.05, 0.1) is 22.0 Å². The third-order valence-corrected chi connectivity index (χ3v) is 3.64. The molecule has 17 heavy (non-hydrogen) atoms. The Morgan fingerprint density at radius 2 is 2.41 bits per heavy atom. The molecule has 0 aliphatic carbocycles. The number of hydrogen-bond donors (Lipinski definition) is 2. The van der Waals surface area contributed by atoms with Crippen molar-refractivity contribution in [3.05, 3.63) is 23.0 Å². The number of aromatic nitrogens is 2. The van der Waals surface area contributed by atoms with E-state index in [0.29, 0.717) is 17.3 Å². The fourth-order valence-corrected chi connectivity index (χ4v) is 2.44. The molecule has 1 aromatic rings. The number of aromatic amines is 1. The van der Waals surface area contributed by atoms with Crippen LogP contribution in [0.4, 0.5) is 0 Å². The van der Waals surface area contributed by atoms with Crippen LogP contribution in [0.3, 0.4) is 0 Å². The SMILES string of the molecule is C=C(c1n[nH]c(CC)c1Cl)N1CCC(C)(O)C1. The summed E-state index contributed by atoms with van der Waals surface area (Å²) in [7, 11) is 0. The van der Waals surface area contributed by atoms with Gasteiger partial charge in [-0.1, -0.05) is 25.1 Å². The quantitative estimate of drug-likeness (QED) is 0.869. The van der Waals surface area contributed by atoms with Crippen molar-refractivity contribution < 1.29 is 5.11 Å². The van der Waals surface area contributed by atoms with Crippen molar-refractivity contribution in [1.82, 2.24) is 15.1 Å². The van der Waals surface area contributed by atoms with Crippen molar-refractivity contribution in [1.29, 1.82) is 0 Å². The molecule has 94 valence electrons. The van der Waals surface area contributed by atoms with Crippen LogP contribution in [0.2, 0.25) is 5.02 Å². The number of nitrogens with zero attached hydrogens (tertiary/aromatic N) is 2. The maximum absolute atomic E-state index is 9.94. The third kappa shape index (κ3) is 2.33. The van der Waals surface area contributed by atoms with Gasteiger partial charge in [0.25, 0.3) is 0 Å². The maximum Gasteiger partial charge on any atom is 0.126 e. The van der Waals surface area contributed by atoms with E-state index < -0.39 is 5.60 Å². The monoisotopic (exact) mass is 255 g/mol. The first kappa shape index (κ1) is 12.5. The van der Waals surface area contributed by atoms with Gasteiger partial charge in [-0.2, -0.15) is 5.10 Å². The minimum Gasteiger partial charge on any atom is -0.388 e. The van der Waals surface area contributed by atoms with Crippen LogP contribution < -0.4 is 0 Å². The molecule has 0 bridgehead atoms. The first-order valence-corrected chi connectivity index (χ1v) is 6.22. The van der Waals surface area contributed by atoms with E-state index in [1.54, 1.807) is 0 Å². The fourth-order valence-electron chi connectivity index (χ4n) is 2.12. The van der Waals surface area contributed by atoms with E-state index in [4.69, 9.17) is 11.6 Å². The number of β-amino-alcohol motifs (C(OH)–C–C–N with tert-alkyl or cyclic N) is 1. The summed E-state index contributed by atoms with van der Waals surface area (Å²) in [5.41, 5.74) is 1.76. The Morgan fingerprint density at radius 3 is 2.88 bits per heavy atom. The topological polar surface area (TPSA) is 52.2 Å². The summed E-state index contributed by atoms with van der Waals surface area (Å²) in [6, 6.07) is 0. The van der Waals surface area contributed by atoms with Crippen molar-refractivity contribution in [2.45, 2.75) is 32.3 Å². The first-order valence-electron chi connectivity index (χ1n) is 5.84. The van der Waals surface area contributed by atoms with E-state index in [1.807, 2.05) is 18.7 Å². The molecular weight excluding hydrogens is 238 g/mol. The van der Waals surface area contributed by atoms with E-state index in [2.05, 4.69) is 16.8 Å². The summed E-state index contributed by atoms with van der Waals surface area (Å²) in [4.78, 5) is 2.03. The van der Waals surface area contributed by atoms with E-state index in [9.17, 15) is 5.11 Å². The lowest BCUT2D eigenvalue weighted by molar-refractivity contribution is 0.0746. The number of hydrogen-bond acceptors (Lipinski definition) is 3. The van der Waals surface area contributed by atoms with Gasteiger partial charge in [-0.05, 0) is 19.8 Å². The van der Waals surface area contributed by atoms with Crippen molar-refractivity contribution >= 4 is 17.3 Å². The van der Waals surface area contributed by atoms with Crippen molar-refractivity contribution in [2.75, 3.05) is 13.1 Å². The Balaban J connectivity index is 2.18. The summed E-state index contributed by atoms with van der Waals surface area (Å²) in [5.74, 6) is 0. The second-order valence-corrected chi connectivity index (χ2v) is 5.21. The van der Waals surface area contributed by atoms with Crippen molar-refractivity contribution in [2.24, 2.45) is 0 Å². The molecule has 4 nitrogen and oxygen atoms in total. The Kier molecular flexibility index (Phi) is 3.19. The molecule has 1 unspecified atom stereocenters. The van der Waals surface area contributed by atoms with Gasteiger partial charge in [0, 0.05) is 13.1 Å². The highest BCUT2D eigenvalue weighted by Gasteiger charge is 2.33. The largest absolute Gasteiger partial charge is 0.388 e. The molecule has 0 aromatic carbocycles. The van der Waals surface area contributed by atoms with Crippen LogP contribution in [0, 0.1) is 0 Å². The van der Waals surface area contributed by atoms with Crippen molar-refractivity contribution in [3.63, 3.8) is 0 Å². The summed E-state index contributed by atoms with van der Waals surface area (Å²) >= 11 is 6.23. The summed E-state index contributed by atoms with van der Waals surface area (Å²) in [5, 5.41) is 17.7. The van der Waals surface area contributed by atoms with E-state index >= 15 is 0 Å². The van der Waals surface area contributed by atoms with Gasteiger partial charge in [0.1, 0.15) is 5.69 Å². The van der Waals surface area contributed by atoms with E-state index in [0.717, 1.165) is 30.8 Å². The van der Waals surface area contributed by atoms with Gasteiger partial charge < -0.3 is 10.0 Å². The van der Waals surface area contributed by atoms with Crippen LogP contribution in [0.25, 0.3) is 5.70 Å². The molecule has 1 saturated heterocycles. The van der Waals surface area contributed by atoms with Crippen LogP contribution in [0.1, 0.15) is 31.7 Å². The lowest BCUT2D eigenvalue weighted by Gasteiger charge is -2.21. The molecule has 2 rings (SSSR count). The molecule has 0 spiro atoms. The van der Waals surface area contributed by atoms with Gasteiger partial charge >= 0.3 is 0 Å². The number of rotatable bonds is 3. The molecule has 1 aliphatic heterocycles. The molecule has 1 fully saturated rings. The summed E-state index contributed by atoms with van der Waals surface area (Å²) in [6.45, 7) is 9.25. The zero-order valence-corrected chi connectivity index (χ0v) is 11.0. The van der Waals surface area contributed by atoms with E-state index in [1.165, 1.54) is 0 Å². The van der Waals surface area contributed by atoms with Gasteiger partial charge in [-0.15, -0.1) is 0 Å². The minimum atomic E-state index is -0.640. The molecule has 1 aromatic heterocycles. The van der Waals surface area contributed by atoms with Gasteiger partial charge in [-0.3, -0.25) is 5.10 Å². The van der Waals surface area contributed by atoms with Crippen molar-refractivity contribution in [3.8, 4) is 0 Å². The molecule has 1 aliphatic rings. The zero-order valence-electron chi connectivity index (χ0n) is 10.3. The van der Waals surface area contributed by atoms with Crippen LogP contribution in [0.15, 0.2) is 6.58 Å². The predicted octanol–water partition coefficient (Wildman–Crippen LogP) is 2.05. The molecule has 5 heteroatoms. The molecule has 0 radical (unpaired) electrons. The standard InChI is InChI=1S/C12H18ClN3O/c1-4-9-10(13)11(15-14-9)8(2)16-6-5-12(3,17)7-16/h17H,2,4-7H2,1,3H3,(H,14,15). The van der Waals surface area contributed by atoms with E-state index in [-0.39, 0.29) is 0 Å². The Morgan fingerprint density at radius 1 is 1.71 bits per heavy atom. The second-order valence-electron chi connectivity index (χ2n) is 4.83. The molecule has 2 heterocycles. The highest BCUT2D eigenvalue weighted by Crippen LogP contribution is 2.31. The van der Waals surface area contributed by atoms with Crippen LogP contribution in [-0.4, -0.2) is 38.9 Å². The predicted molar refractivity (Wildman–Crippen MR) is 68.8 cm³/mol. The Labute approximate surface area is 106 Å². The number of aryl methyl sites for hydroxylation is 1. The molecular formula is C12H18ClN3O. The smallest absolute Gasteiger partial charge is 0.126 e. The van der Waals surface area contributed by atoms with Gasteiger partial charge in [0.2, 0.25) is 0 Å². The Hall–Kier alpha value is -1.00. The molecule has 0 amide bonds. The highest BCUT2D eigenvalue weighted by atomic mass is 35.5. The average molecular weight is 256 g/mol. The maximum atomic E-state index is 9.94. The lowest BCUT2D eigenvalue weighted by atomic mass is 10.1. The minimum absolute atomic E-state index is 0.580. The average Bonchev–Trinajstić information content (AvgIpc) is 2.80. The van der Waals surface area contributed by atoms with Crippen LogP contribution in [0.5, 0.6) is 0 Å². The number of nitrogens with one attached hydrogen (secondary N) is 1. The van der Waals surface area contributed by atoms with Crippen LogP contribution >= 0.6 is 11.6 Å². The Bertz CT molecular complexity index is 439. The van der Waals surface area contributed by atoms with Gasteiger partial charge in [0.15, 0.2) is 0 Å². The fraction of sp³-hybridized carbons (Fsp3) is 0.583. The number of H-pyrrole nitrogens is 1. The normalized spacial score (nSPS) is 24.4.